The molecule has 1 aliphatic carbocycles. The molecule has 0 aliphatic heterocycles. The molecule has 0 N–H and O–H groups in total. The second-order valence-corrected chi connectivity index (χ2v) is 7.18. The summed E-state index contributed by atoms with van der Waals surface area (Å²) in [5, 5.41) is 13.9. The molecule has 0 fully saturated rings. The maximum atomic E-state index is 12.6. The molecular weight excluding hydrogens is 364 g/mol. The SMILES string of the molecule is Cc1nn2c3c(nnc2c1-c1ccc(Cl)cc1)C(=O)CC(c1ccco1)C3. The number of aryl methyl sites for hydroxylation is 1. The summed E-state index contributed by atoms with van der Waals surface area (Å²) in [6, 6.07) is 11.3. The number of fused-ring (bicyclic) bond motifs is 3. The Labute approximate surface area is 159 Å². The number of nitrogens with zero attached hydrogens (tertiary/aromatic N) is 4. The van der Waals surface area contributed by atoms with Crippen molar-refractivity contribution in [3.05, 3.63) is 70.5 Å². The Balaban J connectivity index is 1.69. The summed E-state index contributed by atoms with van der Waals surface area (Å²) in [5.41, 5.74) is 4.51. The summed E-state index contributed by atoms with van der Waals surface area (Å²) >= 11 is 6.01. The second-order valence-electron chi connectivity index (χ2n) is 6.74. The highest BCUT2D eigenvalue weighted by Crippen LogP contribution is 2.34. The molecule has 0 bridgehead atoms. The van der Waals surface area contributed by atoms with Crippen LogP contribution in [0.3, 0.4) is 0 Å². The third-order valence-electron chi connectivity index (χ3n) is 5.02. The molecule has 0 saturated carbocycles. The Hall–Kier alpha value is -2.99. The van der Waals surface area contributed by atoms with Gasteiger partial charge in [0.1, 0.15) is 5.76 Å². The zero-order valence-corrected chi connectivity index (χ0v) is 15.3. The van der Waals surface area contributed by atoms with Crippen LogP contribution in [0.5, 0.6) is 0 Å². The van der Waals surface area contributed by atoms with Gasteiger partial charge in [-0.3, -0.25) is 4.79 Å². The standard InChI is InChI=1S/C20H15ClN4O2/c1-11-18(12-4-6-14(21)7-5-12)20-23-22-19-15(25(20)24-11)9-13(10-16(19)26)17-3-2-8-27-17/h2-8,13H,9-10H2,1H3. The molecule has 5 rings (SSSR count). The van der Waals surface area contributed by atoms with Gasteiger partial charge in [-0.05, 0) is 36.8 Å². The molecule has 0 amide bonds. The quantitative estimate of drug-likeness (QED) is 0.521. The molecule has 1 unspecified atom stereocenters. The number of aromatic nitrogens is 4. The predicted molar refractivity (Wildman–Crippen MR) is 100 cm³/mol. The molecule has 3 heterocycles. The number of Topliss-reactive ketones (excluding diaryl/α,β-unsaturated/α-hetero) is 1. The number of halogens is 1. The molecule has 1 atom stereocenters. The molecule has 0 spiro atoms. The van der Waals surface area contributed by atoms with Crippen LogP contribution in [0.4, 0.5) is 0 Å². The fourth-order valence-corrected chi connectivity index (χ4v) is 3.88. The minimum Gasteiger partial charge on any atom is -0.469 e. The van der Waals surface area contributed by atoms with Gasteiger partial charge in [0.2, 0.25) is 0 Å². The van der Waals surface area contributed by atoms with Crippen LogP contribution in [-0.2, 0) is 6.42 Å². The summed E-state index contributed by atoms with van der Waals surface area (Å²) in [6.07, 6.45) is 2.62. The number of furan rings is 1. The summed E-state index contributed by atoms with van der Waals surface area (Å²) in [7, 11) is 0. The van der Waals surface area contributed by atoms with Gasteiger partial charge < -0.3 is 4.42 Å². The molecule has 3 aromatic heterocycles. The van der Waals surface area contributed by atoms with E-state index in [9.17, 15) is 4.79 Å². The first-order valence-electron chi connectivity index (χ1n) is 8.69. The van der Waals surface area contributed by atoms with Crippen LogP contribution in [-0.4, -0.2) is 25.6 Å². The maximum absolute atomic E-state index is 12.6. The number of hydrogen-bond donors (Lipinski definition) is 0. The Morgan fingerprint density at radius 2 is 1.96 bits per heavy atom. The van der Waals surface area contributed by atoms with Gasteiger partial charge in [-0.2, -0.15) is 5.10 Å². The molecule has 27 heavy (non-hydrogen) atoms. The lowest BCUT2D eigenvalue weighted by Crippen LogP contribution is -2.24. The van der Waals surface area contributed by atoms with Crippen molar-refractivity contribution in [1.82, 2.24) is 19.8 Å². The van der Waals surface area contributed by atoms with Gasteiger partial charge in [-0.25, -0.2) is 4.52 Å². The lowest BCUT2D eigenvalue weighted by Gasteiger charge is -2.21. The van der Waals surface area contributed by atoms with Crippen molar-refractivity contribution in [3.63, 3.8) is 0 Å². The van der Waals surface area contributed by atoms with Crippen LogP contribution < -0.4 is 0 Å². The van der Waals surface area contributed by atoms with E-state index >= 15 is 0 Å². The zero-order valence-electron chi connectivity index (χ0n) is 14.5. The van der Waals surface area contributed by atoms with E-state index in [1.807, 2.05) is 43.3 Å². The highest BCUT2D eigenvalue weighted by molar-refractivity contribution is 6.30. The van der Waals surface area contributed by atoms with Gasteiger partial charge in [0.05, 0.1) is 23.2 Å². The average Bonchev–Trinajstić information content (AvgIpc) is 3.30. The first-order chi connectivity index (χ1) is 13.1. The van der Waals surface area contributed by atoms with Crippen LogP contribution in [0.25, 0.3) is 16.8 Å². The number of rotatable bonds is 2. The summed E-state index contributed by atoms with van der Waals surface area (Å²) in [6.45, 7) is 1.93. The van der Waals surface area contributed by atoms with Crippen LogP contribution >= 0.6 is 11.6 Å². The van der Waals surface area contributed by atoms with Crippen LogP contribution in [0, 0.1) is 6.92 Å². The molecule has 4 aromatic rings. The highest BCUT2D eigenvalue weighted by Gasteiger charge is 2.32. The Morgan fingerprint density at radius 3 is 2.70 bits per heavy atom. The first-order valence-corrected chi connectivity index (χ1v) is 9.07. The average molecular weight is 379 g/mol. The van der Waals surface area contributed by atoms with Crippen molar-refractivity contribution in [3.8, 4) is 11.1 Å². The fraction of sp³-hybridized carbons (Fsp3) is 0.200. The summed E-state index contributed by atoms with van der Waals surface area (Å²) in [4.78, 5) is 12.6. The lowest BCUT2D eigenvalue weighted by atomic mass is 9.87. The minimum absolute atomic E-state index is 0.0177. The van der Waals surface area contributed by atoms with Crippen molar-refractivity contribution in [2.24, 2.45) is 0 Å². The third kappa shape index (κ3) is 2.56. The van der Waals surface area contributed by atoms with Crippen molar-refractivity contribution in [2.45, 2.75) is 25.7 Å². The van der Waals surface area contributed by atoms with Crippen LogP contribution in [0.15, 0.2) is 47.1 Å². The molecule has 1 aromatic carbocycles. The van der Waals surface area contributed by atoms with Crippen LogP contribution in [0.1, 0.15) is 40.0 Å². The molecule has 134 valence electrons. The van der Waals surface area contributed by atoms with Gasteiger partial charge in [0.25, 0.3) is 0 Å². The van der Waals surface area contributed by atoms with Gasteiger partial charge in [-0.15, -0.1) is 10.2 Å². The molecule has 0 saturated heterocycles. The van der Waals surface area contributed by atoms with Gasteiger partial charge in [0.15, 0.2) is 17.1 Å². The van der Waals surface area contributed by atoms with E-state index in [4.69, 9.17) is 16.0 Å². The van der Waals surface area contributed by atoms with Crippen LogP contribution in [0.2, 0.25) is 5.02 Å². The van der Waals surface area contributed by atoms with E-state index in [-0.39, 0.29) is 11.7 Å². The lowest BCUT2D eigenvalue weighted by molar-refractivity contribution is 0.0951. The fourth-order valence-electron chi connectivity index (χ4n) is 3.76. The largest absolute Gasteiger partial charge is 0.469 e. The smallest absolute Gasteiger partial charge is 0.185 e. The maximum Gasteiger partial charge on any atom is 0.185 e. The Bertz CT molecular complexity index is 1160. The number of carbonyl (C=O) groups excluding carboxylic acids is 1. The van der Waals surface area contributed by atoms with E-state index in [0.29, 0.717) is 29.2 Å². The predicted octanol–water partition coefficient (Wildman–Crippen LogP) is 4.26. The molecular formula is C20H15ClN4O2. The van der Waals surface area contributed by atoms with E-state index in [2.05, 4.69) is 15.3 Å². The first kappa shape index (κ1) is 16.2. The normalized spacial score (nSPS) is 16.7. The Kier molecular flexibility index (Phi) is 3.62. The number of carbonyl (C=O) groups is 1. The summed E-state index contributed by atoms with van der Waals surface area (Å²) < 4.78 is 7.29. The van der Waals surface area contributed by atoms with E-state index < -0.39 is 0 Å². The van der Waals surface area contributed by atoms with Gasteiger partial charge in [-0.1, -0.05) is 23.7 Å². The highest BCUT2D eigenvalue weighted by atomic mass is 35.5. The van der Waals surface area contributed by atoms with Gasteiger partial charge in [0, 0.05) is 23.8 Å². The Morgan fingerprint density at radius 1 is 1.15 bits per heavy atom. The third-order valence-corrected chi connectivity index (χ3v) is 5.28. The van der Waals surface area contributed by atoms with Crippen molar-refractivity contribution in [1.29, 1.82) is 0 Å². The summed E-state index contributed by atoms with van der Waals surface area (Å²) in [5.74, 6) is 0.755. The topological polar surface area (TPSA) is 73.3 Å². The zero-order chi connectivity index (χ0) is 18.5. The number of ketones is 1. The number of hydrogen-bond acceptors (Lipinski definition) is 5. The van der Waals surface area contributed by atoms with E-state index in [1.165, 1.54) is 0 Å². The monoisotopic (exact) mass is 378 g/mol. The second kappa shape index (κ2) is 6.03. The minimum atomic E-state index is -0.0340. The van der Waals surface area contributed by atoms with Crippen molar-refractivity contribution >= 4 is 23.0 Å². The van der Waals surface area contributed by atoms with Crippen molar-refractivity contribution in [2.75, 3.05) is 0 Å². The van der Waals surface area contributed by atoms with E-state index in [1.54, 1.807) is 10.8 Å². The molecule has 6 nitrogen and oxygen atoms in total. The van der Waals surface area contributed by atoms with Crippen molar-refractivity contribution < 1.29 is 9.21 Å². The molecule has 0 radical (unpaired) electrons. The van der Waals surface area contributed by atoms with E-state index in [0.717, 1.165) is 28.3 Å². The number of benzene rings is 1. The molecule has 7 heteroatoms. The van der Waals surface area contributed by atoms with Gasteiger partial charge >= 0.3 is 0 Å². The molecule has 1 aliphatic rings.